The first-order chi connectivity index (χ1) is 5.15. The van der Waals surface area contributed by atoms with Gasteiger partial charge in [0.2, 0.25) is 0 Å². The Morgan fingerprint density at radius 2 is 2.09 bits per heavy atom. The van der Waals surface area contributed by atoms with Crippen LogP contribution >= 0.6 is 11.6 Å². The van der Waals surface area contributed by atoms with Gasteiger partial charge in [-0.25, -0.2) is 0 Å². The Labute approximate surface area is 69.4 Å². The molecule has 1 aromatic heterocycles. The predicted molar refractivity (Wildman–Crippen MR) is 42.7 cm³/mol. The number of anilines is 1. The molecule has 0 saturated carbocycles. The summed E-state index contributed by atoms with van der Waals surface area (Å²) in [6.45, 7) is 1.74. The minimum Gasteiger partial charge on any atom is -0.467 e. The van der Waals surface area contributed by atoms with Gasteiger partial charge in [-0.3, -0.25) is 0 Å². The molecular weight excluding hydrogens is 166 g/mol. The van der Waals surface area contributed by atoms with E-state index in [9.17, 15) is 0 Å². The molecule has 1 aromatic rings. The van der Waals surface area contributed by atoms with Crippen LogP contribution in [0.25, 0.3) is 0 Å². The highest BCUT2D eigenvalue weighted by Crippen LogP contribution is 2.20. The van der Waals surface area contributed by atoms with Crippen LogP contribution in [0.1, 0.15) is 5.69 Å². The fraction of sp³-hybridized carbons (Fsp3) is 0.333. The number of nitrogens with two attached hydrogens (primary N) is 1. The molecule has 0 spiro atoms. The number of aryl methyl sites for hydroxylation is 1. The first-order valence-electron chi connectivity index (χ1n) is 2.98. The van der Waals surface area contributed by atoms with Gasteiger partial charge in [0.15, 0.2) is 0 Å². The molecule has 60 valence electrons. The van der Waals surface area contributed by atoms with E-state index in [0.717, 1.165) is 0 Å². The van der Waals surface area contributed by atoms with Crippen LogP contribution in [-0.2, 0) is 0 Å². The van der Waals surface area contributed by atoms with Crippen molar-refractivity contribution in [2.24, 2.45) is 0 Å². The number of hydrogen-bond acceptors (Lipinski definition) is 4. The van der Waals surface area contributed by atoms with Crippen molar-refractivity contribution in [2.75, 3.05) is 12.8 Å². The summed E-state index contributed by atoms with van der Waals surface area (Å²) in [6.07, 6.45) is 0. The number of nitrogens with zero attached hydrogens (tertiary/aromatic N) is 2. The maximum atomic E-state index is 5.70. The number of nitrogen functional groups attached to an aromatic ring is 1. The Hall–Kier alpha value is -1.03. The lowest BCUT2D eigenvalue weighted by atomic mass is 10.4. The molecule has 0 aromatic carbocycles. The van der Waals surface area contributed by atoms with Crippen molar-refractivity contribution < 1.29 is 4.74 Å². The molecule has 5 heteroatoms. The van der Waals surface area contributed by atoms with Crippen LogP contribution < -0.4 is 10.5 Å². The normalized spacial score (nSPS) is 9.73. The summed E-state index contributed by atoms with van der Waals surface area (Å²) in [5.74, 6) is 0.246. The first-order valence-corrected chi connectivity index (χ1v) is 3.36. The SMILES string of the molecule is COc1nc(C)c(Cl)c(N)n1. The van der Waals surface area contributed by atoms with Gasteiger partial charge in [0.1, 0.15) is 10.8 Å². The third-order valence-corrected chi connectivity index (χ3v) is 1.67. The zero-order chi connectivity index (χ0) is 8.43. The van der Waals surface area contributed by atoms with E-state index in [2.05, 4.69) is 9.97 Å². The number of rotatable bonds is 1. The van der Waals surface area contributed by atoms with Gasteiger partial charge in [-0.05, 0) is 6.92 Å². The van der Waals surface area contributed by atoms with Crippen LogP contribution in [-0.4, -0.2) is 17.1 Å². The van der Waals surface area contributed by atoms with Crippen molar-refractivity contribution in [3.63, 3.8) is 0 Å². The fourth-order valence-corrected chi connectivity index (χ4v) is 0.731. The summed E-state index contributed by atoms with van der Waals surface area (Å²) in [4.78, 5) is 7.67. The number of ether oxygens (including phenoxy) is 1. The van der Waals surface area contributed by atoms with Crippen LogP contribution in [0.2, 0.25) is 5.02 Å². The number of halogens is 1. The largest absolute Gasteiger partial charge is 0.467 e. The van der Waals surface area contributed by atoms with Gasteiger partial charge in [0, 0.05) is 0 Å². The average molecular weight is 174 g/mol. The summed E-state index contributed by atoms with van der Waals surface area (Å²) >= 11 is 5.70. The van der Waals surface area contributed by atoms with Gasteiger partial charge in [-0.15, -0.1) is 0 Å². The molecule has 0 aliphatic carbocycles. The molecule has 0 bridgehead atoms. The van der Waals surface area contributed by atoms with E-state index in [1.807, 2.05) is 0 Å². The average Bonchev–Trinajstić information content (AvgIpc) is 1.99. The van der Waals surface area contributed by atoms with Crippen LogP contribution in [0, 0.1) is 6.92 Å². The lowest BCUT2D eigenvalue weighted by molar-refractivity contribution is 0.379. The standard InChI is InChI=1S/C6H8ClN3O/c1-3-4(7)5(8)10-6(9-3)11-2/h1-2H3,(H2,8,9,10). The van der Waals surface area contributed by atoms with Gasteiger partial charge < -0.3 is 10.5 Å². The highest BCUT2D eigenvalue weighted by molar-refractivity contribution is 6.33. The van der Waals surface area contributed by atoms with Crippen molar-refractivity contribution >= 4 is 17.4 Å². The second-order valence-electron chi connectivity index (χ2n) is 1.99. The van der Waals surface area contributed by atoms with E-state index in [0.29, 0.717) is 10.7 Å². The number of hydrogen-bond donors (Lipinski definition) is 1. The molecule has 0 amide bonds. The molecular formula is C6H8ClN3O. The van der Waals surface area contributed by atoms with Crippen LogP contribution in [0.3, 0.4) is 0 Å². The van der Waals surface area contributed by atoms with E-state index in [1.165, 1.54) is 7.11 Å². The smallest absolute Gasteiger partial charge is 0.318 e. The van der Waals surface area contributed by atoms with Crippen molar-refractivity contribution in [1.82, 2.24) is 9.97 Å². The highest BCUT2D eigenvalue weighted by atomic mass is 35.5. The molecule has 1 heterocycles. The fourth-order valence-electron chi connectivity index (χ4n) is 0.646. The molecule has 11 heavy (non-hydrogen) atoms. The Morgan fingerprint density at radius 3 is 2.55 bits per heavy atom. The number of methoxy groups -OCH3 is 1. The summed E-state index contributed by atoms with van der Waals surface area (Å²) < 4.78 is 4.77. The van der Waals surface area contributed by atoms with Crippen LogP contribution in [0.4, 0.5) is 5.82 Å². The topological polar surface area (TPSA) is 61.0 Å². The molecule has 0 aliphatic heterocycles. The molecule has 1 rings (SSSR count). The van der Waals surface area contributed by atoms with E-state index in [-0.39, 0.29) is 11.8 Å². The van der Waals surface area contributed by atoms with Gasteiger partial charge in [0.05, 0.1) is 12.8 Å². The Morgan fingerprint density at radius 1 is 1.45 bits per heavy atom. The molecule has 0 aliphatic rings. The molecule has 0 unspecified atom stereocenters. The van der Waals surface area contributed by atoms with Gasteiger partial charge in [0.25, 0.3) is 0 Å². The summed E-state index contributed by atoms with van der Waals surface area (Å²) in [6, 6.07) is 0.240. The summed E-state index contributed by atoms with van der Waals surface area (Å²) in [5, 5.41) is 0.380. The lowest BCUT2D eigenvalue weighted by Crippen LogP contribution is -2.00. The van der Waals surface area contributed by atoms with E-state index in [4.69, 9.17) is 22.1 Å². The molecule has 4 nitrogen and oxygen atoms in total. The monoisotopic (exact) mass is 173 g/mol. The van der Waals surface area contributed by atoms with Gasteiger partial charge in [-0.1, -0.05) is 11.6 Å². The van der Waals surface area contributed by atoms with Crippen molar-refractivity contribution in [2.45, 2.75) is 6.92 Å². The third kappa shape index (κ3) is 1.51. The van der Waals surface area contributed by atoms with Gasteiger partial charge in [-0.2, -0.15) is 9.97 Å². The first kappa shape index (κ1) is 8.07. The van der Waals surface area contributed by atoms with Crippen molar-refractivity contribution in [1.29, 1.82) is 0 Å². The van der Waals surface area contributed by atoms with Crippen molar-refractivity contribution in [3.8, 4) is 6.01 Å². The summed E-state index contributed by atoms with van der Waals surface area (Å²) in [5.41, 5.74) is 6.06. The number of aromatic nitrogens is 2. The Bertz CT molecular complexity index is 254. The quantitative estimate of drug-likeness (QED) is 0.689. The second kappa shape index (κ2) is 2.92. The minimum atomic E-state index is 0.240. The van der Waals surface area contributed by atoms with Crippen LogP contribution in [0.15, 0.2) is 0 Å². The Kier molecular flexibility index (Phi) is 2.14. The molecule has 0 saturated heterocycles. The van der Waals surface area contributed by atoms with E-state index < -0.39 is 0 Å². The van der Waals surface area contributed by atoms with Crippen molar-refractivity contribution in [3.05, 3.63) is 10.7 Å². The van der Waals surface area contributed by atoms with Gasteiger partial charge >= 0.3 is 6.01 Å². The highest BCUT2D eigenvalue weighted by Gasteiger charge is 2.05. The molecule has 2 N–H and O–H groups in total. The molecule has 0 atom stereocenters. The second-order valence-corrected chi connectivity index (χ2v) is 2.37. The zero-order valence-electron chi connectivity index (χ0n) is 6.26. The summed E-state index contributed by atoms with van der Waals surface area (Å²) in [7, 11) is 1.47. The maximum Gasteiger partial charge on any atom is 0.318 e. The van der Waals surface area contributed by atoms with E-state index >= 15 is 0 Å². The predicted octanol–water partition coefficient (Wildman–Crippen LogP) is 1.03. The Balaban J connectivity index is 3.21. The lowest BCUT2D eigenvalue weighted by Gasteiger charge is -2.02. The maximum absolute atomic E-state index is 5.70. The molecule has 0 fully saturated rings. The van der Waals surface area contributed by atoms with E-state index in [1.54, 1.807) is 6.92 Å². The van der Waals surface area contributed by atoms with Crippen LogP contribution in [0.5, 0.6) is 6.01 Å². The minimum absolute atomic E-state index is 0.240. The zero-order valence-corrected chi connectivity index (χ0v) is 7.01. The third-order valence-electron chi connectivity index (χ3n) is 1.20. The molecule has 0 radical (unpaired) electrons.